The number of imide groups is 1. The van der Waals surface area contributed by atoms with Gasteiger partial charge in [-0.2, -0.15) is 9.40 Å². The monoisotopic (exact) mass is 709 g/mol. The molecule has 0 bridgehead atoms. The lowest BCUT2D eigenvalue weighted by molar-refractivity contribution is -0.120. The van der Waals surface area contributed by atoms with Crippen molar-refractivity contribution < 1.29 is 22.4 Å². The number of halogens is 2. The molecule has 4 aromatic rings. The first-order chi connectivity index (χ1) is 23.5. The summed E-state index contributed by atoms with van der Waals surface area (Å²) >= 11 is 5.83. The van der Waals surface area contributed by atoms with Gasteiger partial charge in [-0.05, 0) is 73.7 Å². The molecule has 0 saturated carbocycles. The summed E-state index contributed by atoms with van der Waals surface area (Å²) in [6.07, 6.45) is 3.79. The first-order valence-corrected chi connectivity index (χ1v) is 18.1. The van der Waals surface area contributed by atoms with Crippen LogP contribution in [0.3, 0.4) is 0 Å². The van der Waals surface area contributed by atoms with Crippen molar-refractivity contribution in [2.75, 3.05) is 42.9 Å². The van der Waals surface area contributed by atoms with E-state index in [1.54, 1.807) is 22.9 Å². The van der Waals surface area contributed by atoms with Crippen molar-refractivity contribution in [1.82, 2.24) is 34.3 Å². The smallest absolute Gasteiger partial charge is 0.329 e. The third-order valence-corrected chi connectivity index (χ3v) is 11.7. The number of carbonyl (C=O) groups is 2. The fourth-order valence-corrected chi connectivity index (χ4v) is 8.55. The largest absolute Gasteiger partial charge is 0.348 e. The average Bonchev–Trinajstić information content (AvgIpc) is 3.42. The molecule has 2 aromatic heterocycles. The normalized spacial score (nSPS) is 21.7. The van der Waals surface area contributed by atoms with Crippen LogP contribution in [0, 0.1) is 0 Å². The molecule has 49 heavy (non-hydrogen) atoms. The number of benzene rings is 2. The number of sulfonamides is 1. The Morgan fingerprint density at radius 3 is 2.53 bits per heavy atom. The summed E-state index contributed by atoms with van der Waals surface area (Å²) in [6, 6.07) is 12.1. The SMILES string of the molecule is Cn1nc(N2CCC(=O)NC2=O)c2ccc(C3CCN(Cc4cccc(S(=O)(=O)N5CC[C@H](Nc6ncc(Cl)cn6)[C@H](F)C5)c4)CC3)cc21. The van der Waals surface area contributed by atoms with E-state index in [0.717, 1.165) is 42.4 Å². The summed E-state index contributed by atoms with van der Waals surface area (Å²) in [5.74, 6) is 0.858. The Labute approximate surface area is 288 Å². The number of hydrogen-bond donors (Lipinski definition) is 2. The van der Waals surface area contributed by atoms with Gasteiger partial charge in [-0.3, -0.25) is 24.6 Å². The lowest BCUT2D eigenvalue weighted by Crippen LogP contribution is -2.50. The molecule has 0 radical (unpaired) electrons. The van der Waals surface area contributed by atoms with Gasteiger partial charge in [-0.25, -0.2) is 27.6 Å². The van der Waals surface area contributed by atoms with Crippen LogP contribution in [0.4, 0.5) is 21.0 Å². The van der Waals surface area contributed by atoms with E-state index in [0.29, 0.717) is 29.8 Å². The van der Waals surface area contributed by atoms with E-state index < -0.39 is 28.3 Å². The second-order valence-electron chi connectivity index (χ2n) is 12.8. The van der Waals surface area contributed by atoms with Crippen molar-refractivity contribution in [3.63, 3.8) is 0 Å². The summed E-state index contributed by atoms with van der Waals surface area (Å²) in [6.45, 7) is 2.51. The number of carbonyl (C=O) groups excluding carboxylic acids is 2. The molecule has 3 aliphatic heterocycles. The van der Waals surface area contributed by atoms with Gasteiger partial charge < -0.3 is 5.32 Å². The van der Waals surface area contributed by atoms with Gasteiger partial charge in [0.1, 0.15) is 6.17 Å². The highest BCUT2D eigenvalue weighted by Gasteiger charge is 2.36. The molecule has 2 aromatic carbocycles. The molecule has 3 fully saturated rings. The quantitative estimate of drug-likeness (QED) is 0.277. The van der Waals surface area contributed by atoms with Gasteiger partial charge >= 0.3 is 6.03 Å². The van der Waals surface area contributed by atoms with Gasteiger partial charge in [0.2, 0.25) is 21.9 Å². The van der Waals surface area contributed by atoms with Crippen molar-refractivity contribution >= 4 is 56.2 Å². The predicted molar refractivity (Wildman–Crippen MR) is 183 cm³/mol. The molecule has 3 saturated heterocycles. The molecule has 13 nitrogen and oxygen atoms in total. The van der Waals surface area contributed by atoms with E-state index in [-0.39, 0.29) is 42.7 Å². The third-order valence-electron chi connectivity index (χ3n) is 9.61. The molecule has 0 unspecified atom stereocenters. The maximum absolute atomic E-state index is 15.2. The van der Waals surface area contributed by atoms with Crippen molar-refractivity contribution in [2.45, 2.75) is 55.3 Å². The Bertz CT molecular complexity index is 1990. The van der Waals surface area contributed by atoms with E-state index in [1.807, 2.05) is 19.2 Å². The minimum atomic E-state index is -3.89. The zero-order valence-corrected chi connectivity index (χ0v) is 28.5. The van der Waals surface area contributed by atoms with Crippen LogP contribution in [0.1, 0.15) is 42.7 Å². The number of amides is 3. The summed E-state index contributed by atoms with van der Waals surface area (Å²) in [5, 5.41) is 11.1. The zero-order valence-electron chi connectivity index (χ0n) is 26.9. The Morgan fingerprint density at radius 1 is 1.02 bits per heavy atom. The summed E-state index contributed by atoms with van der Waals surface area (Å²) in [4.78, 5) is 36.2. The fraction of sp³-hybridized carbons (Fsp3) is 0.424. The molecule has 0 spiro atoms. The summed E-state index contributed by atoms with van der Waals surface area (Å²) in [5.41, 5.74) is 3.02. The van der Waals surface area contributed by atoms with E-state index in [4.69, 9.17) is 11.6 Å². The maximum atomic E-state index is 15.2. The average molecular weight is 710 g/mol. The van der Waals surface area contributed by atoms with Crippen LogP contribution < -0.4 is 15.5 Å². The van der Waals surface area contributed by atoms with E-state index >= 15 is 4.39 Å². The second-order valence-corrected chi connectivity index (χ2v) is 15.2. The molecule has 2 atom stereocenters. The highest BCUT2D eigenvalue weighted by atomic mass is 35.5. The van der Waals surface area contributed by atoms with Gasteiger partial charge in [0.25, 0.3) is 0 Å². The first kappa shape index (κ1) is 33.3. The van der Waals surface area contributed by atoms with Crippen LogP contribution in [0.25, 0.3) is 10.9 Å². The number of rotatable bonds is 8. The molecule has 258 valence electrons. The Morgan fingerprint density at radius 2 is 1.80 bits per heavy atom. The molecule has 3 aliphatic rings. The molecular weight excluding hydrogens is 673 g/mol. The van der Waals surface area contributed by atoms with E-state index in [1.165, 1.54) is 27.2 Å². The standard InChI is InChI=1S/C33H37ClFN9O4S/c1-41-29-16-23(5-6-26(29)31(40-41)44-14-10-30(45)39-33(44)46)22-7-11-42(12-8-22)19-21-3-2-4-25(15-21)49(47,48)43-13-9-28(27(35)20-43)38-32-36-17-24(34)18-37-32/h2-6,15-18,22,27-28H,7-14,19-20H2,1H3,(H,36,37,38)(H,39,45,46)/t27-,28+/m1/s1. The Balaban J connectivity index is 0.957. The van der Waals surface area contributed by atoms with Gasteiger partial charge in [0.05, 0.1) is 33.9 Å². The number of urea groups is 1. The third kappa shape index (κ3) is 6.98. The Hall–Kier alpha value is -4.18. The number of piperidine rings is 2. The van der Waals surface area contributed by atoms with Gasteiger partial charge in [0.15, 0.2) is 5.82 Å². The lowest BCUT2D eigenvalue weighted by Gasteiger charge is -2.34. The van der Waals surface area contributed by atoms with Gasteiger partial charge in [0, 0.05) is 45.0 Å². The van der Waals surface area contributed by atoms with E-state index in [2.05, 4.69) is 42.7 Å². The second kappa shape index (κ2) is 13.6. The Kier molecular flexibility index (Phi) is 9.26. The number of nitrogens with zero attached hydrogens (tertiary/aromatic N) is 7. The fourth-order valence-electron chi connectivity index (χ4n) is 6.92. The van der Waals surface area contributed by atoms with Gasteiger partial charge in [-0.15, -0.1) is 0 Å². The molecule has 2 N–H and O–H groups in total. The number of alkyl halides is 1. The van der Waals surface area contributed by atoms with Crippen LogP contribution in [0.15, 0.2) is 59.8 Å². The number of nitrogens with one attached hydrogen (secondary N) is 2. The predicted octanol–water partition coefficient (Wildman–Crippen LogP) is 4.06. The van der Waals surface area contributed by atoms with Crippen molar-refractivity contribution in [2.24, 2.45) is 7.05 Å². The van der Waals surface area contributed by atoms with Crippen LogP contribution in [0.2, 0.25) is 5.02 Å². The molecule has 3 amide bonds. The van der Waals surface area contributed by atoms with Crippen LogP contribution in [-0.4, -0.2) is 94.2 Å². The van der Waals surface area contributed by atoms with E-state index in [9.17, 15) is 18.0 Å². The zero-order chi connectivity index (χ0) is 34.3. The van der Waals surface area contributed by atoms with Crippen molar-refractivity contribution in [1.29, 1.82) is 0 Å². The molecule has 0 aliphatic carbocycles. The highest BCUT2D eigenvalue weighted by molar-refractivity contribution is 7.89. The van der Waals surface area contributed by atoms with Crippen LogP contribution >= 0.6 is 11.6 Å². The summed E-state index contributed by atoms with van der Waals surface area (Å²) in [7, 11) is -2.03. The molecule has 16 heteroatoms. The molecular formula is C33H37ClFN9O4S. The number of likely N-dealkylation sites (tertiary alicyclic amines) is 1. The first-order valence-electron chi connectivity index (χ1n) is 16.3. The topological polar surface area (TPSA) is 146 Å². The van der Waals surface area contributed by atoms with Crippen molar-refractivity contribution in [3.05, 3.63) is 71.0 Å². The number of fused-ring (bicyclic) bond motifs is 1. The minimum Gasteiger partial charge on any atom is -0.348 e. The molecule has 5 heterocycles. The number of anilines is 2. The van der Waals surface area contributed by atoms with Crippen LogP contribution in [-0.2, 0) is 28.4 Å². The van der Waals surface area contributed by atoms with Crippen LogP contribution in [0.5, 0.6) is 0 Å². The van der Waals surface area contributed by atoms with Crippen molar-refractivity contribution in [3.8, 4) is 0 Å². The molecule has 7 rings (SSSR count). The number of aryl methyl sites for hydroxylation is 1. The maximum Gasteiger partial charge on any atom is 0.329 e. The lowest BCUT2D eigenvalue weighted by atomic mass is 9.89. The van der Waals surface area contributed by atoms with Gasteiger partial charge in [-0.1, -0.05) is 29.8 Å². The number of hydrogen-bond acceptors (Lipinski definition) is 9. The number of aromatic nitrogens is 4. The minimum absolute atomic E-state index is 0.164. The summed E-state index contributed by atoms with van der Waals surface area (Å²) < 4.78 is 45.3. The highest BCUT2D eigenvalue weighted by Crippen LogP contribution is 2.34.